The molecule has 0 amide bonds. The minimum atomic E-state index is -0.900. The molecule has 3 nitrogen and oxygen atoms in total. The molecular formula is C20H21NO2. The molecule has 0 aliphatic heterocycles. The monoisotopic (exact) mass is 307 g/mol. The average Bonchev–Trinajstić information content (AvgIpc) is 2.62. The first-order valence-electron chi connectivity index (χ1n) is 7.77. The molecule has 0 aliphatic carbocycles. The molecule has 3 aromatic carbocycles. The highest BCUT2D eigenvalue weighted by molar-refractivity contribution is 5.95. The van der Waals surface area contributed by atoms with Crippen LogP contribution in [0.3, 0.4) is 0 Å². The Balaban J connectivity index is 0.000000924. The van der Waals surface area contributed by atoms with Crippen LogP contribution in [-0.2, 0) is 6.54 Å². The van der Waals surface area contributed by atoms with Crippen LogP contribution in [0.25, 0.3) is 10.8 Å². The van der Waals surface area contributed by atoms with E-state index in [0.717, 1.165) is 23.0 Å². The zero-order chi connectivity index (χ0) is 16.7. The van der Waals surface area contributed by atoms with E-state index in [-0.39, 0.29) is 0 Å². The van der Waals surface area contributed by atoms with Crippen molar-refractivity contribution in [2.75, 3.05) is 5.32 Å². The Morgan fingerprint density at radius 3 is 2.26 bits per heavy atom. The van der Waals surface area contributed by atoms with Crippen molar-refractivity contribution >= 4 is 22.4 Å². The molecule has 0 spiro atoms. The van der Waals surface area contributed by atoms with Crippen molar-refractivity contribution in [2.45, 2.75) is 20.4 Å². The van der Waals surface area contributed by atoms with Gasteiger partial charge in [-0.2, -0.15) is 0 Å². The van der Waals surface area contributed by atoms with Gasteiger partial charge < -0.3 is 10.4 Å². The molecule has 0 heterocycles. The van der Waals surface area contributed by atoms with Crippen molar-refractivity contribution in [3.05, 3.63) is 77.9 Å². The first kappa shape index (κ1) is 16.6. The smallest absolute Gasteiger partial charge is 0.335 e. The average molecular weight is 307 g/mol. The van der Waals surface area contributed by atoms with Crippen molar-refractivity contribution in [2.24, 2.45) is 0 Å². The van der Waals surface area contributed by atoms with Gasteiger partial charge in [-0.05, 0) is 40.6 Å². The highest BCUT2D eigenvalue weighted by atomic mass is 16.4. The molecular weight excluding hydrogens is 286 g/mol. The van der Waals surface area contributed by atoms with Crippen molar-refractivity contribution in [3.8, 4) is 0 Å². The molecule has 0 aromatic heterocycles. The van der Waals surface area contributed by atoms with Crippen LogP contribution >= 0.6 is 0 Å². The number of aromatic carboxylic acids is 1. The van der Waals surface area contributed by atoms with Crippen molar-refractivity contribution < 1.29 is 9.90 Å². The highest BCUT2D eigenvalue weighted by Gasteiger charge is 2.04. The second kappa shape index (κ2) is 7.99. The van der Waals surface area contributed by atoms with E-state index in [9.17, 15) is 4.79 Å². The summed E-state index contributed by atoms with van der Waals surface area (Å²) in [6.07, 6.45) is 0. The van der Waals surface area contributed by atoms with Crippen molar-refractivity contribution in [3.63, 3.8) is 0 Å². The molecule has 0 saturated carbocycles. The molecule has 0 aliphatic rings. The van der Waals surface area contributed by atoms with Crippen molar-refractivity contribution in [1.82, 2.24) is 0 Å². The summed E-state index contributed by atoms with van der Waals surface area (Å²) in [5.41, 5.74) is 2.56. The topological polar surface area (TPSA) is 49.3 Å². The van der Waals surface area contributed by atoms with Crippen LogP contribution in [0.2, 0.25) is 0 Å². The Labute approximate surface area is 136 Å². The van der Waals surface area contributed by atoms with Crippen LogP contribution in [-0.4, -0.2) is 11.1 Å². The lowest BCUT2D eigenvalue weighted by atomic mass is 10.1. The van der Waals surface area contributed by atoms with Gasteiger partial charge in [0.05, 0.1) is 5.56 Å². The summed E-state index contributed by atoms with van der Waals surface area (Å²) in [4.78, 5) is 11.0. The third-order valence-electron chi connectivity index (χ3n) is 3.43. The molecule has 0 bridgehead atoms. The number of anilines is 1. The van der Waals surface area contributed by atoms with Gasteiger partial charge in [0.25, 0.3) is 0 Å². The molecule has 0 unspecified atom stereocenters. The van der Waals surface area contributed by atoms with Crippen LogP contribution in [0.1, 0.15) is 29.8 Å². The summed E-state index contributed by atoms with van der Waals surface area (Å²) in [7, 11) is 0. The number of carbonyl (C=O) groups is 1. The molecule has 3 aromatic rings. The zero-order valence-electron chi connectivity index (χ0n) is 13.4. The van der Waals surface area contributed by atoms with E-state index in [2.05, 4.69) is 17.4 Å². The third kappa shape index (κ3) is 4.33. The largest absolute Gasteiger partial charge is 0.478 e. The SMILES string of the molecule is CC.O=C(O)c1ccc2cc(NCc3ccccc3)ccc2c1. The summed E-state index contributed by atoms with van der Waals surface area (Å²) in [5.74, 6) is -0.900. The predicted molar refractivity (Wildman–Crippen MR) is 96.0 cm³/mol. The van der Waals surface area contributed by atoms with E-state index in [1.807, 2.05) is 56.3 Å². The zero-order valence-corrected chi connectivity index (χ0v) is 13.4. The molecule has 0 atom stereocenters. The van der Waals surface area contributed by atoms with Crippen LogP contribution in [0.5, 0.6) is 0 Å². The van der Waals surface area contributed by atoms with Crippen LogP contribution in [0.15, 0.2) is 66.7 Å². The van der Waals surface area contributed by atoms with Gasteiger partial charge in [-0.3, -0.25) is 0 Å². The fourth-order valence-corrected chi connectivity index (χ4v) is 2.29. The van der Waals surface area contributed by atoms with E-state index in [1.165, 1.54) is 5.56 Å². The van der Waals surface area contributed by atoms with Crippen LogP contribution in [0.4, 0.5) is 5.69 Å². The lowest BCUT2D eigenvalue weighted by Crippen LogP contribution is -1.99. The Kier molecular flexibility index (Phi) is 5.75. The maximum Gasteiger partial charge on any atom is 0.335 e. The molecule has 0 fully saturated rings. The number of carboxylic acids is 1. The van der Waals surface area contributed by atoms with Crippen molar-refractivity contribution in [1.29, 1.82) is 0 Å². The van der Waals surface area contributed by atoms with Crippen LogP contribution in [0, 0.1) is 0 Å². The molecule has 3 heteroatoms. The van der Waals surface area contributed by atoms with Gasteiger partial charge in [0, 0.05) is 12.2 Å². The standard InChI is InChI=1S/C18H15NO2.C2H6/c20-18(21)16-7-6-15-11-17(9-8-14(15)10-16)19-12-13-4-2-1-3-5-13;1-2/h1-11,19H,12H2,(H,20,21);1-2H3. The summed E-state index contributed by atoms with van der Waals surface area (Å²) in [5, 5.41) is 14.3. The lowest BCUT2D eigenvalue weighted by Gasteiger charge is -2.08. The lowest BCUT2D eigenvalue weighted by molar-refractivity contribution is 0.0697. The van der Waals surface area contributed by atoms with E-state index < -0.39 is 5.97 Å². The molecule has 2 N–H and O–H groups in total. The summed E-state index contributed by atoms with van der Waals surface area (Å²) < 4.78 is 0. The Morgan fingerprint density at radius 1 is 0.913 bits per heavy atom. The Hall–Kier alpha value is -2.81. The first-order chi connectivity index (χ1) is 11.2. The first-order valence-corrected chi connectivity index (χ1v) is 7.77. The summed E-state index contributed by atoms with van der Waals surface area (Å²) >= 11 is 0. The number of carboxylic acid groups (broad SMARTS) is 1. The summed E-state index contributed by atoms with van der Waals surface area (Å²) in [6, 6.07) is 21.3. The van der Waals surface area contributed by atoms with E-state index in [4.69, 9.17) is 5.11 Å². The summed E-state index contributed by atoms with van der Waals surface area (Å²) in [6.45, 7) is 4.76. The second-order valence-corrected chi connectivity index (χ2v) is 4.92. The van der Waals surface area contributed by atoms with Gasteiger partial charge in [-0.25, -0.2) is 4.79 Å². The number of rotatable bonds is 4. The number of hydrogen-bond acceptors (Lipinski definition) is 2. The maximum absolute atomic E-state index is 11.0. The predicted octanol–water partition coefficient (Wildman–Crippen LogP) is 5.18. The van der Waals surface area contributed by atoms with Gasteiger partial charge in [-0.1, -0.05) is 56.3 Å². The van der Waals surface area contributed by atoms with E-state index in [0.29, 0.717) is 5.56 Å². The third-order valence-corrected chi connectivity index (χ3v) is 3.43. The van der Waals surface area contributed by atoms with Gasteiger partial charge in [0.2, 0.25) is 0 Å². The van der Waals surface area contributed by atoms with Gasteiger partial charge in [0.15, 0.2) is 0 Å². The van der Waals surface area contributed by atoms with Gasteiger partial charge in [-0.15, -0.1) is 0 Å². The number of nitrogens with one attached hydrogen (secondary N) is 1. The fraction of sp³-hybridized carbons (Fsp3) is 0.150. The highest BCUT2D eigenvalue weighted by Crippen LogP contribution is 2.21. The maximum atomic E-state index is 11.0. The Bertz CT molecular complexity index is 782. The minimum absolute atomic E-state index is 0.312. The molecule has 0 saturated heterocycles. The number of fused-ring (bicyclic) bond motifs is 1. The van der Waals surface area contributed by atoms with E-state index >= 15 is 0 Å². The van der Waals surface area contributed by atoms with Gasteiger partial charge >= 0.3 is 5.97 Å². The quantitative estimate of drug-likeness (QED) is 0.698. The van der Waals surface area contributed by atoms with Crippen LogP contribution < -0.4 is 5.32 Å². The molecule has 3 rings (SSSR count). The number of benzene rings is 3. The Morgan fingerprint density at radius 2 is 1.57 bits per heavy atom. The van der Waals surface area contributed by atoms with E-state index in [1.54, 1.807) is 12.1 Å². The second-order valence-electron chi connectivity index (χ2n) is 4.92. The molecule has 23 heavy (non-hydrogen) atoms. The molecule has 118 valence electrons. The molecule has 0 radical (unpaired) electrons. The van der Waals surface area contributed by atoms with Gasteiger partial charge in [0.1, 0.15) is 0 Å². The number of hydrogen-bond donors (Lipinski definition) is 2. The normalized spacial score (nSPS) is 9.83. The fourth-order valence-electron chi connectivity index (χ4n) is 2.29. The minimum Gasteiger partial charge on any atom is -0.478 e.